The lowest BCUT2D eigenvalue weighted by Crippen LogP contribution is -2.57. The molecule has 2 fully saturated rings. The van der Waals surface area contributed by atoms with Crippen LogP contribution in [0.4, 0.5) is 4.39 Å². The third-order valence-electron chi connectivity index (χ3n) is 6.27. The van der Waals surface area contributed by atoms with Crippen LogP contribution < -0.4 is 5.32 Å². The third-order valence-corrected chi connectivity index (χ3v) is 6.27. The van der Waals surface area contributed by atoms with Gasteiger partial charge in [0.05, 0.1) is 5.41 Å². The van der Waals surface area contributed by atoms with E-state index < -0.39 is 5.41 Å². The van der Waals surface area contributed by atoms with Gasteiger partial charge in [0, 0.05) is 13.0 Å². The Labute approximate surface area is 164 Å². The van der Waals surface area contributed by atoms with Gasteiger partial charge in [-0.1, -0.05) is 42.5 Å². The van der Waals surface area contributed by atoms with Crippen LogP contribution in [0.3, 0.4) is 0 Å². The lowest BCUT2D eigenvalue weighted by molar-refractivity contribution is -0.140. The average Bonchev–Trinajstić information content (AvgIpc) is 2.70. The first kappa shape index (κ1) is 18.8. The Kier molecular flexibility index (Phi) is 5.27. The van der Waals surface area contributed by atoms with Gasteiger partial charge >= 0.3 is 0 Å². The van der Waals surface area contributed by atoms with Crippen LogP contribution in [-0.4, -0.2) is 29.8 Å². The van der Waals surface area contributed by atoms with Crippen molar-refractivity contribution in [3.05, 3.63) is 71.5 Å². The topological polar surface area (TPSA) is 49.4 Å². The fourth-order valence-corrected chi connectivity index (χ4v) is 4.84. The molecule has 0 aromatic heterocycles. The minimum atomic E-state index is -0.639. The summed E-state index contributed by atoms with van der Waals surface area (Å²) in [4.78, 5) is 27.2. The SMILES string of the molecule is O=C1CCC(c2ccccc2)(C2CCN(Cc3cccc(F)c3)CC2)C(=O)N1. The van der Waals surface area contributed by atoms with E-state index in [2.05, 4.69) is 10.2 Å². The number of imide groups is 1. The average molecular weight is 380 g/mol. The number of hydrogen-bond donors (Lipinski definition) is 1. The lowest BCUT2D eigenvalue weighted by Gasteiger charge is -2.45. The van der Waals surface area contributed by atoms with Crippen molar-refractivity contribution in [2.75, 3.05) is 13.1 Å². The number of likely N-dealkylation sites (tertiary alicyclic amines) is 1. The van der Waals surface area contributed by atoms with Crippen LogP contribution in [0.2, 0.25) is 0 Å². The number of hydrogen-bond acceptors (Lipinski definition) is 3. The molecule has 1 atom stereocenters. The monoisotopic (exact) mass is 380 g/mol. The van der Waals surface area contributed by atoms with Crippen LogP contribution >= 0.6 is 0 Å². The van der Waals surface area contributed by atoms with Gasteiger partial charge in [0.25, 0.3) is 0 Å². The van der Waals surface area contributed by atoms with Crippen molar-refractivity contribution in [3.8, 4) is 0 Å². The van der Waals surface area contributed by atoms with Crippen LogP contribution in [0, 0.1) is 11.7 Å². The highest BCUT2D eigenvalue weighted by molar-refractivity contribution is 6.03. The molecule has 2 aliphatic rings. The maximum Gasteiger partial charge on any atom is 0.237 e. The molecule has 4 rings (SSSR count). The molecule has 5 heteroatoms. The Hall–Kier alpha value is -2.53. The standard InChI is InChI=1S/C23H25FN2O2/c24-20-8-4-5-17(15-20)16-26-13-10-19(11-14-26)23(18-6-2-1-3-7-18)12-9-21(27)25-22(23)28/h1-8,15,19H,9-14,16H2,(H,25,27,28). The molecule has 2 heterocycles. The van der Waals surface area contributed by atoms with E-state index in [1.807, 2.05) is 36.4 Å². The number of benzene rings is 2. The molecule has 1 unspecified atom stereocenters. The lowest BCUT2D eigenvalue weighted by atomic mass is 9.62. The molecule has 28 heavy (non-hydrogen) atoms. The number of piperidine rings is 2. The van der Waals surface area contributed by atoms with E-state index in [-0.39, 0.29) is 23.5 Å². The number of carbonyl (C=O) groups excluding carboxylic acids is 2. The zero-order chi connectivity index (χ0) is 19.6. The fourth-order valence-electron chi connectivity index (χ4n) is 4.84. The maximum atomic E-state index is 13.4. The van der Waals surface area contributed by atoms with Gasteiger partial charge < -0.3 is 0 Å². The molecule has 2 aliphatic heterocycles. The molecule has 0 radical (unpaired) electrons. The summed E-state index contributed by atoms with van der Waals surface area (Å²) in [6.45, 7) is 2.43. The summed E-state index contributed by atoms with van der Waals surface area (Å²) < 4.78 is 13.4. The molecule has 4 nitrogen and oxygen atoms in total. The smallest absolute Gasteiger partial charge is 0.237 e. The second-order valence-electron chi connectivity index (χ2n) is 7.90. The van der Waals surface area contributed by atoms with Crippen molar-refractivity contribution in [2.24, 2.45) is 5.92 Å². The number of nitrogens with zero attached hydrogens (tertiary/aromatic N) is 1. The molecule has 2 saturated heterocycles. The molecule has 0 aliphatic carbocycles. The molecule has 2 aromatic carbocycles. The van der Waals surface area contributed by atoms with E-state index in [9.17, 15) is 14.0 Å². The second-order valence-corrected chi connectivity index (χ2v) is 7.90. The van der Waals surface area contributed by atoms with E-state index in [4.69, 9.17) is 0 Å². The molecule has 0 spiro atoms. The van der Waals surface area contributed by atoms with Gasteiger partial charge in [0.2, 0.25) is 11.8 Å². The normalized spacial score (nSPS) is 24.2. The first-order chi connectivity index (χ1) is 13.6. The highest BCUT2D eigenvalue weighted by atomic mass is 19.1. The molecule has 0 bridgehead atoms. The van der Waals surface area contributed by atoms with E-state index in [0.29, 0.717) is 19.4 Å². The molecular formula is C23H25FN2O2. The minimum Gasteiger partial charge on any atom is -0.299 e. The van der Waals surface area contributed by atoms with Crippen molar-refractivity contribution in [2.45, 2.75) is 37.6 Å². The molecule has 2 aromatic rings. The number of halogens is 1. The molecule has 1 N–H and O–H groups in total. The highest BCUT2D eigenvalue weighted by Gasteiger charge is 2.50. The van der Waals surface area contributed by atoms with E-state index >= 15 is 0 Å². The molecular weight excluding hydrogens is 355 g/mol. The first-order valence-electron chi connectivity index (χ1n) is 9.94. The first-order valence-corrected chi connectivity index (χ1v) is 9.94. The number of carbonyl (C=O) groups is 2. The Morgan fingerprint density at radius 3 is 2.46 bits per heavy atom. The summed E-state index contributed by atoms with van der Waals surface area (Å²) >= 11 is 0. The summed E-state index contributed by atoms with van der Waals surface area (Å²) in [6, 6.07) is 16.6. The predicted molar refractivity (Wildman–Crippen MR) is 105 cm³/mol. The van der Waals surface area contributed by atoms with E-state index in [1.54, 1.807) is 12.1 Å². The van der Waals surface area contributed by atoms with Gasteiger partial charge in [-0.2, -0.15) is 0 Å². The Morgan fingerprint density at radius 1 is 1.04 bits per heavy atom. The van der Waals surface area contributed by atoms with Gasteiger partial charge in [-0.25, -0.2) is 4.39 Å². The fraction of sp³-hybridized carbons (Fsp3) is 0.391. The second kappa shape index (κ2) is 7.84. The zero-order valence-corrected chi connectivity index (χ0v) is 15.9. The van der Waals surface area contributed by atoms with Gasteiger partial charge in [-0.3, -0.25) is 19.8 Å². The Bertz CT molecular complexity index is 862. The minimum absolute atomic E-state index is 0.154. The van der Waals surface area contributed by atoms with Crippen molar-refractivity contribution in [1.82, 2.24) is 10.2 Å². The van der Waals surface area contributed by atoms with Crippen LogP contribution in [0.5, 0.6) is 0 Å². The quantitative estimate of drug-likeness (QED) is 0.827. The van der Waals surface area contributed by atoms with Crippen LogP contribution in [0.25, 0.3) is 0 Å². The van der Waals surface area contributed by atoms with Gasteiger partial charge in [0.15, 0.2) is 0 Å². The zero-order valence-electron chi connectivity index (χ0n) is 15.9. The number of rotatable bonds is 4. The third kappa shape index (κ3) is 3.59. The summed E-state index contributed by atoms with van der Waals surface area (Å²) in [5.74, 6) is -0.357. The summed E-state index contributed by atoms with van der Waals surface area (Å²) in [5.41, 5.74) is 1.33. The summed E-state index contributed by atoms with van der Waals surface area (Å²) in [6.07, 6.45) is 2.71. The number of nitrogens with one attached hydrogen (secondary N) is 1. The van der Waals surface area contributed by atoms with Crippen molar-refractivity contribution in [1.29, 1.82) is 0 Å². The summed E-state index contributed by atoms with van der Waals surface area (Å²) in [5, 5.41) is 2.59. The molecule has 2 amide bonds. The highest BCUT2D eigenvalue weighted by Crippen LogP contribution is 2.44. The van der Waals surface area contributed by atoms with Crippen LogP contribution in [0.15, 0.2) is 54.6 Å². The van der Waals surface area contributed by atoms with E-state index in [1.165, 1.54) is 6.07 Å². The molecule has 0 saturated carbocycles. The van der Waals surface area contributed by atoms with Crippen LogP contribution in [-0.2, 0) is 21.5 Å². The largest absolute Gasteiger partial charge is 0.299 e. The van der Waals surface area contributed by atoms with Crippen molar-refractivity contribution < 1.29 is 14.0 Å². The predicted octanol–water partition coefficient (Wildman–Crippen LogP) is 3.41. The Morgan fingerprint density at radius 2 is 1.79 bits per heavy atom. The van der Waals surface area contributed by atoms with Crippen molar-refractivity contribution >= 4 is 11.8 Å². The number of amides is 2. The Balaban J connectivity index is 1.52. The van der Waals surface area contributed by atoms with Gasteiger partial charge in [-0.05, 0) is 61.5 Å². The van der Waals surface area contributed by atoms with Crippen LogP contribution in [0.1, 0.15) is 36.8 Å². The van der Waals surface area contributed by atoms with Gasteiger partial charge in [0.1, 0.15) is 5.82 Å². The maximum absolute atomic E-state index is 13.4. The van der Waals surface area contributed by atoms with Gasteiger partial charge in [-0.15, -0.1) is 0 Å². The molecule has 146 valence electrons. The van der Waals surface area contributed by atoms with Crippen molar-refractivity contribution in [3.63, 3.8) is 0 Å². The summed E-state index contributed by atoms with van der Waals surface area (Å²) in [7, 11) is 0. The van der Waals surface area contributed by atoms with E-state index in [0.717, 1.165) is 37.1 Å².